The standard InChI is InChI=1S/C23H31N3O/c1-2-4-19(5-3-1)18-25-22-8-6-20(7-9-22)23(21-10-16-27-17-11-21)26-14-12-24-13-15-26/h1-9,21,23-25H,10-18H2/t23-/m0/s1. The summed E-state index contributed by atoms with van der Waals surface area (Å²) < 4.78 is 5.63. The second-order valence-electron chi connectivity index (χ2n) is 7.64. The normalized spacial score (nSPS) is 20.3. The molecule has 144 valence electrons. The number of anilines is 1. The minimum absolute atomic E-state index is 0.513. The molecule has 2 aliphatic rings. The summed E-state index contributed by atoms with van der Waals surface area (Å²) in [6, 6.07) is 20.2. The largest absolute Gasteiger partial charge is 0.381 e. The molecule has 0 bridgehead atoms. The first kappa shape index (κ1) is 18.5. The van der Waals surface area contributed by atoms with Crippen LogP contribution in [0.15, 0.2) is 54.6 Å². The van der Waals surface area contributed by atoms with E-state index in [-0.39, 0.29) is 0 Å². The number of hydrogen-bond donors (Lipinski definition) is 2. The summed E-state index contributed by atoms with van der Waals surface area (Å²) in [7, 11) is 0. The molecule has 2 aromatic carbocycles. The van der Waals surface area contributed by atoms with Crippen LogP contribution in [-0.4, -0.2) is 44.3 Å². The van der Waals surface area contributed by atoms with E-state index in [2.05, 4.69) is 70.1 Å². The van der Waals surface area contributed by atoms with Gasteiger partial charge in [0.25, 0.3) is 0 Å². The van der Waals surface area contributed by atoms with Gasteiger partial charge in [0.2, 0.25) is 0 Å². The molecular formula is C23H31N3O. The zero-order valence-electron chi connectivity index (χ0n) is 16.1. The summed E-state index contributed by atoms with van der Waals surface area (Å²) in [6.07, 6.45) is 2.34. The van der Waals surface area contributed by atoms with Gasteiger partial charge in [0, 0.05) is 57.7 Å². The van der Waals surface area contributed by atoms with Crippen LogP contribution in [0.5, 0.6) is 0 Å². The molecular weight excluding hydrogens is 334 g/mol. The number of rotatable bonds is 6. The highest BCUT2D eigenvalue weighted by Crippen LogP contribution is 2.35. The molecule has 4 heteroatoms. The van der Waals surface area contributed by atoms with Gasteiger partial charge in [-0.1, -0.05) is 42.5 Å². The van der Waals surface area contributed by atoms with Gasteiger partial charge >= 0.3 is 0 Å². The average molecular weight is 366 g/mol. The van der Waals surface area contributed by atoms with E-state index in [4.69, 9.17) is 4.74 Å². The molecule has 2 aromatic rings. The van der Waals surface area contributed by atoms with Crippen molar-refractivity contribution >= 4 is 5.69 Å². The van der Waals surface area contributed by atoms with E-state index in [9.17, 15) is 0 Å². The summed E-state index contributed by atoms with van der Waals surface area (Å²) >= 11 is 0. The Kier molecular flexibility index (Phi) is 6.40. The third-order valence-electron chi connectivity index (χ3n) is 5.85. The summed E-state index contributed by atoms with van der Waals surface area (Å²) in [6.45, 7) is 7.13. The molecule has 2 heterocycles. The van der Waals surface area contributed by atoms with Crippen LogP contribution in [0, 0.1) is 5.92 Å². The van der Waals surface area contributed by atoms with E-state index in [1.54, 1.807) is 0 Å². The van der Waals surface area contributed by atoms with Crippen molar-refractivity contribution in [3.63, 3.8) is 0 Å². The number of piperazine rings is 1. The van der Waals surface area contributed by atoms with Crippen LogP contribution in [0.25, 0.3) is 0 Å². The molecule has 0 amide bonds. The zero-order valence-corrected chi connectivity index (χ0v) is 16.1. The fraction of sp³-hybridized carbons (Fsp3) is 0.478. The van der Waals surface area contributed by atoms with Crippen LogP contribution in [0.3, 0.4) is 0 Å². The number of nitrogens with zero attached hydrogens (tertiary/aromatic N) is 1. The quantitative estimate of drug-likeness (QED) is 0.819. The Labute approximate surface area is 162 Å². The molecule has 0 saturated carbocycles. The van der Waals surface area contributed by atoms with E-state index in [0.29, 0.717) is 12.0 Å². The second kappa shape index (κ2) is 9.36. The van der Waals surface area contributed by atoms with Crippen molar-refractivity contribution in [2.45, 2.75) is 25.4 Å². The lowest BCUT2D eigenvalue weighted by atomic mass is 9.85. The van der Waals surface area contributed by atoms with Crippen molar-refractivity contribution in [1.29, 1.82) is 0 Å². The maximum absolute atomic E-state index is 5.63. The van der Waals surface area contributed by atoms with Crippen molar-refractivity contribution in [1.82, 2.24) is 10.2 Å². The lowest BCUT2D eigenvalue weighted by Gasteiger charge is -2.41. The first-order valence-corrected chi connectivity index (χ1v) is 10.3. The summed E-state index contributed by atoms with van der Waals surface area (Å²) in [5, 5.41) is 7.03. The molecule has 0 unspecified atom stereocenters. The molecule has 0 radical (unpaired) electrons. The maximum atomic E-state index is 5.63. The van der Waals surface area contributed by atoms with Crippen molar-refractivity contribution in [2.75, 3.05) is 44.7 Å². The van der Waals surface area contributed by atoms with Gasteiger partial charge in [0.05, 0.1) is 0 Å². The van der Waals surface area contributed by atoms with Crippen LogP contribution < -0.4 is 10.6 Å². The van der Waals surface area contributed by atoms with Crippen molar-refractivity contribution in [2.24, 2.45) is 5.92 Å². The molecule has 2 saturated heterocycles. The van der Waals surface area contributed by atoms with Gasteiger partial charge in [-0.25, -0.2) is 0 Å². The average Bonchev–Trinajstić information content (AvgIpc) is 2.76. The van der Waals surface area contributed by atoms with Crippen LogP contribution >= 0.6 is 0 Å². The van der Waals surface area contributed by atoms with E-state index in [1.165, 1.54) is 29.7 Å². The molecule has 27 heavy (non-hydrogen) atoms. The van der Waals surface area contributed by atoms with Gasteiger partial charge in [0.1, 0.15) is 0 Å². The Balaban J connectivity index is 1.46. The fourth-order valence-electron chi connectivity index (χ4n) is 4.37. The molecule has 2 N–H and O–H groups in total. The summed E-state index contributed by atoms with van der Waals surface area (Å²) in [5.74, 6) is 0.694. The van der Waals surface area contributed by atoms with Crippen molar-refractivity contribution in [3.8, 4) is 0 Å². The maximum Gasteiger partial charge on any atom is 0.0469 e. The SMILES string of the molecule is c1ccc(CNc2ccc([C@@H](C3CCOCC3)N3CCNCC3)cc2)cc1. The minimum Gasteiger partial charge on any atom is -0.381 e. The molecule has 0 spiro atoms. The van der Waals surface area contributed by atoms with Crippen LogP contribution in [0.2, 0.25) is 0 Å². The number of nitrogens with one attached hydrogen (secondary N) is 2. The van der Waals surface area contributed by atoms with Gasteiger partial charge in [0.15, 0.2) is 0 Å². The highest BCUT2D eigenvalue weighted by Gasteiger charge is 2.31. The molecule has 4 rings (SSSR count). The Hall–Kier alpha value is -1.88. The van der Waals surface area contributed by atoms with Crippen LogP contribution in [0.1, 0.15) is 30.0 Å². The van der Waals surface area contributed by atoms with Crippen LogP contribution in [0.4, 0.5) is 5.69 Å². The van der Waals surface area contributed by atoms with E-state index >= 15 is 0 Å². The molecule has 0 aliphatic carbocycles. The van der Waals surface area contributed by atoms with Gasteiger partial charge in [-0.05, 0) is 42.0 Å². The van der Waals surface area contributed by atoms with Gasteiger partial charge in [-0.15, -0.1) is 0 Å². The summed E-state index contributed by atoms with van der Waals surface area (Å²) in [4.78, 5) is 2.68. The molecule has 2 fully saturated rings. The van der Waals surface area contributed by atoms with Gasteiger partial charge in [-0.3, -0.25) is 4.90 Å². The Bertz CT molecular complexity index is 659. The highest BCUT2D eigenvalue weighted by molar-refractivity contribution is 5.46. The lowest BCUT2D eigenvalue weighted by Crippen LogP contribution is -2.47. The fourth-order valence-corrected chi connectivity index (χ4v) is 4.37. The molecule has 2 aliphatic heterocycles. The minimum atomic E-state index is 0.513. The topological polar surface area (TPSA) is 36.5 Å². The van der Waals surface area contributed by atoms with Crippen molar-refractivity contribution < 1.29 is 4.74 Å². The lowest BCUT2D eigenvalue weighted by molar-refractivity contribution is 0.0213. The van der Waals surface area contributed by atoms with E-state index in [0.717, 1.165) is 45.9 Å². The predicted molar refractivity (Wildman–Crippen MR) is 111 cm³/mol. The van der Waals surface area contributed by atoms with E-state index in [1.807, 2.05) is 0 Å². The number of benzene rings is 2. The van der Waals surface area contributed by atoms with E-state index < -0.39 is 0 Å². The predicted octanol–water partition coefficient (Wildman–Crippen LogP) is 3.67. The highest BCUT2D eigenvalue weighted by atomic mass is 16.5. The second-order valence-corrected chi connectivity index (χ2v) is 7.64. The third-order valence-corrected chi connectivity index (χ3v) is 5.85. The number of hydrogen-bond acceptors (Lipinski definition) is 4. The zero-order chi connectivity index (χ0) is 18.3. The van der Waals surface area contributed by atoms with Crippen molar-refractivity contribution in [3.05, 3.63) is 65.7 Å². The van der Waals surface area contributed by atoms with Gasteiger partial charge in [-0.2, -0.15) is 0 Å². The molecule has 0 aromatic heterocycles. The Morgan fingerprint density at radius 3 is 2.37 bits per heavy atom. The van der Waals surface area contributed by atoms with Gasteiger partial charge < -0.3 is 15.4 Å². The summed E-state index contributed by atoms with van der Waals surface area (Å²) in [5.41, 5.74) is 3.95. The Morgan fingerprint density at radius 1 is 0.963 bits per heavy atom. The Morgan fingerprint density at radius 2 is 1.67 bits per heavy atom. The number of ether oxygens (including phenoxy) is 1. The molecule has 4 nitrogen and oxygen atoms in total. The van der Waals surface area contributed by atoms with Crippen LogP contribution in [-0.2, 0) is 11.3 Å². The first-order chi connectivity index (χ1) is 13.4. The smallest absolute Gasteiger partial charge is 0.0469 e. The third kappa shape index (κ3) is 4.89. The monoisotopic (exact) mass is 365 g/mol. The first-order valence-electron chi connectivity index (χ1n) is 10.3. The molecule has 1 atom stereocenters.